The van der Waals surface area contributed by atoms with Crippen LogP contribution in [0.3, 0.4) is 0 Å². The molecule has 2 N–H and O–H groups in total. The van der Waals surface area contributed by atoms with Crippen molar-refractivity contribution in [3.63, 3.8) is 0 Å². The standard InChI is InChI=1S/C8H18N2O/c1-7-5-9-3-4-10(7)6-8(2)11/h7-9,11H,3-6H2,1-2H3/t7-,8+/m1/s1. The molecule has 0 aromatic rings. The first-order chi connectivity index (χ1) is 5.20. The molecule has 3 nitrogen and oxygen atoms in total. The fourth-order valence-electron chi connectivity index (χ4n) is 1.49. The van der Waals surface area contributed by atoms with E-state index in [1.807, 2.05) is 6.92 Å². The average Bonchev–Trinajstić information content (AvgIpc) is 1.93. The fraction of sp³-hybridized carbons (Fsp3) is 1.00. The highest BCUT2D eigenvalue weighted by molar-refractivity contribution is 4.76. The third-order valence-corrected chi connectivity index (χ3v) is 2.14. The van der Waals surface area contributed by atoms with Gasteiger partial charge in [-0.1, -0.05) is 0 Å². The summed E-state index contributed by atoms with van der Waals surface area (Å²) in [5.41, 5.74) is 0. The molecule has 11 heavy (non-hydrogen) atoms. The van der Waals surface area contributed by atoms with Crippen LogP contribution in [0.1, 0.15) is 13.8 Å². The normalized spacial score (nSPS) is 30.3. The van der Waals surface area contributed by atoms with Crippen LogP contribution in [0.4, 0.5) is 0 Å². The fourth-order valence-corrected chi connectivity index (χ4v) is 1.49. The Morgan fingerprint density at radius 2 is 2.45 bits per heavy atom. The lowest BCUT2D eigenvalue weighted by Gasteiger charge is -2.34. The van der Waals surface area contributed by atoms with Crippen LogP contribution >= 0.6 is 0 Å². The second-order valence-corrected chi connectivity index (χ2v) is 3.40. The molecule has 0 aromatic heterocycles. The van der Waals surface area contributed by atoms with Crippen LogP contribution in [0.5, 0.6) is 0 Å². The highest BCUT2D eigenvalue weighted by atomic mass is 16.3. The first kappa shape index (κ1) is 8.97. The Balaban J connectivity index is 2.29. The number of aliphatic hydroxyl groups excluding tert-OH is 1. The zero-order valence-corrected chi connectivity index (χ0v) is 7.38. The summed E-state index contributed by atoms with van der Waals surface area (Å²) in [5.74, 6) is 0. The van der Waals surface area contributed by atoms with Crippen LogP contribution in [0.25, 0.3) is 0 Å². The van der Waals surface area contributed by atoms with Crippen LogP contribution < -0.4 is 5.32 Å². The second-order valence-electron chi connectivity index (χ2n) is 3.40. The van der Waals surface area contributed by atoms with Gasteiger partial charge in [0.2, 0.25) is 0 Å². The lowest BCUT2D eigenvalue weighted by molar-refractivity contribution is 0.0897. The van der Waals surface area contributed by atoms with E-state index in [4.69, 9.17) is 5.11 Å². The molecule has 1 fully saturated rings. The Hall–Kier alpha value is -0.120. The van der Waals surface area contributed by atoms with Crippen molar-refractivity contribution in [2.24, 2.45) is 0 Å². The van der Waals surface area contributed by atoms with Crippen LogP contribution in [-0.4, -0.2) is 48.3 Å². The molecular formula is C8H18N2O. The van der Waals surface area contributed by atoms with Crippen molar-refractivity contribution in [3.05, 3.63) is 0 Å². The van der Waals surface area contributed by atoms with E-state index in [9.17, 15) is 0 Å². The number of aliphatic hydroxyl groups is 1. The van der Waals surface area contributed by atoms with Crippen LogP contribution in [0.2, 0.25) is 0 Å². The third kappa shape index (κ3) is 2.77. The summed E-state index contributed by atoms with van der Waals surface area (Å²) in [7, 11) is 0. The van der Waals surface area contributed by atoms with Crippen molar-refractivity contribution in [1.29, 1.82) is 0 Å². The Labute approximate surface area is 68.4 Å². The molecule has 0 aliphatic carbocycles. The number of β-amino-alcohol motifs (C(OH)–C–C–N with tert-alkyl or cyclic N) is 1. The maximum atomic E-state index is 9.16. The van der Waals surface area contributed by atoms with Crippen molar-refractivity contribution < 1.29 is 5.11 Å². The number of nitrogens with one attached hydrogen (secondary N) is 1. The Morgan fingerprint density at radius 1 is 1.73 bits per heavy atom. The summed E-state index contributed by atoms with van der Waals surface area (Å²) in [5, 5.41) is 12.5. The van der Waals surface area contributed by atoms with Gasteiger partial charge in [0.15, 0.2) is 0 Å². The van der Waals surface area contributed by atoms with Crippen LogP contribution in [0, 0.1) is 0 Å². The molecule has 1 aliphatic heterocycles. The van der Waals surface area contributed by atoms with Gasteiger partial charge in [-0.2, -0.15) is 0 Å². The second kappa shape index (κ2) is 4.04. The minimum Gasteiger partial charge on any atom is -0.392 e. The molecule has 1 aliphatic rings. The van der Waals surface area contributed by atoms with Gasteiger partial charge < -0.3 is 10.4 Å². The maximum absolute atomic E-state index is 9.16. The quantitative estimate of drug-likeness (QED) is 0.577. The summed E-state index contributed by atoms with van der Waals surface area (Å²) in [6, 6.07) is 0.568. The molecule has 0 amide bonds. The van der Waals surface area contributed by atoms with Gasteiger partial charge in [0.25, 0.3) is 0 Å². The predicted octanol–water partition coefficient (Wildman–Crippen LogP) is -0.339. The van der Waals surface area contributed by atoms with Crippen LogP contribution in [0.15, 0.2) is 0 Å². The number of piperazine rings is 1. The number of rotatable bonds is 2. The molecule has 0 saturated carbocycles. The van der Waals surface area contributed by atoms with Crippen molar-refractivity contribution >= 4 is 0 Å². The van der Waals surface area contributed by atoms with E-state index in [0.29, 0.717) is 6.04 Å². The largest absolute Gasteiger partial charge is 0.392 e. The summed E-state index contributed by atoms with van der Waals surface area (Å²) in [6.07, 6.45) is -0.199. The summed E-state index contributed by atoms with van der Waals surface area (Å²) < 4.78 is 0. The molecule has 66 valence electrons. The summed E-state index contributed by atoms with van der Waals surface area (Å²) in [6.45, 7) is 8.00. The van der Waals surface area contributed by atoms with Gasteiger partial charge in [0, 0.05) is 32.2 Å². The SMILES string of the molecule is C[C@H](O)CN1CCNC[C@H]1C. The smallest absolute Gasteiger partial charge is 0.0639 e. The van der Waals surface area contributed by atoms with E-state index in [-0.39, 0.29) is 6.10 Å². The molecule has 0 bridgehead atoms. The molecule has 0 aromatic carbocycles. The van der Waals surface area contributed by atoms with E-state index >= 15 is 0 Å². The first-order valence-electron chi connectivity index (χ1n) is 4.33. The number of hydrogen-bond acceptors (Lipinski definition) is 3. The Bertz CT molecular complexity index is 117. The van der Waals surface area contributed by atoms with E-state index in [1.54, 1.807) is 0 Å². The minimum absolute atomic E-state index is 0.199. The van der Waals surface area contributed by atoms with Crippen LogP contribution in [-0.2, 0) is 0 Å². The monoisotopic (exact) mass is 158 g/mol. The first-order valence-corrected chi connectivity index (χ1v) is 4.33. The van der Waals surface area contributed by atoms with Crippen molar-refractivity contribution in [2.75, 3.05) is 26.2 Å². The van der Waals surface area contributed by atoms with Gasteiger partial charge in [-0.05, 0) is 13.8 Å². The highest BCUT2D eigenvalue weighted by Crippen LogP contribution is 2.02. The molecule has 0 radical (unpaired) electrons. The van der Waals surface area contributed by atoms with E-state index in [0.717, 1.165) is 26.2 Å². The van der Waals surface area contributed by atoms with Crippen molar-refractivity contribution in [2.45, 2.75) is 26.0 Å². The van der Waals surface area contributed by atoms with Crippen molar-refractivity contribution in [1.82, 2.24) is 10.2 Å². The predicted molar refractivity (Wildman–Crippen MR) is 45.6 cm³/mol. The molecule has 0 unspecified atom stereocenters. The third-order valence-electron chi connectivity index (χ3n) is 2.14. The van der Waals surface area contributed by atoms with Gasteiger partial charge in [-0.15, -0.1) is 0 Å². The maximum Gasteiger partial charge on any atom is 0.0639 e. The molecule has 0 spiro atoms. The zero-order valence-electron chi connectivity index (χ0n) is 7.38. The summed E-state index contributed by atoms with van der Waals surface area (Å²) >= 11 is 0. The Morgan fingerprint density at radius 3 is 3.00 bits per heavy atom. The van der Waals surface area contributed by atoms with Gasteiger partial charge in [0.05, 0.1) is 6.10 Å². The topological polar surface area (TPSA) is 35.5 Å². The van der Waals surface area contributed by atoms with Gasteiger partial charge in [-0.3, -0.25) is 4.90 Å². The van der Waals surface area contributed by atoms with E-state index < -0.39 is 0 Å². The molecule has 3 heteroatoms. The van der Waals surface area contributed by atoms with E-state index in [2.05, 4.69) is 17.1 Å². The highest BCUT2D eigenvalue weighted by Gasteiger charge is 2.18. The molecular weight excluding hydrogens is 140 g/mol. The average molecular weight is 158 g/mol. The molecule has 1 heterocycles. The molecule has 1 rings (SSSR count). The number of hydrogen-bond donors (Lipinski definition) is 2. The van der Waals surface area contributed by atoms with Gasteiger partial charge in [0.1, 0.15) is 0 Å². The molecule has 1 saturated heterocycles. The number of nitrogens with zero attached hydrogens (tertiary/aromatic N) is 1. The zero-order chi connectivity index (χ0) is 8.27. The summed E-state index contributed by atoms with van der Waals surface area (Å²) in [4.78, 5) is 2.32. The van der Waals surface area contributed by atoms with E-state index in [1.165, 1.54) is 0 Å². The van der Waals surface area contributed by atoms with Gasteiger partial charge in [-0.25, -0.2) is 0 Å². The Kier molecular flexibility index (Phi) is 3.30. The van der Waals surface area contributed by atoms with Crippen molar-refractivity contribution in [3.8, 4) is 0 Å². The lowest BCUT2D eigenvalue weighted by atomic mass is 10.2. The van der Waals surface area contributed by atoms with Gasteiger partial charge >= 0.3 is 0 Å². The molecule has 2 atom stereocenters. The minimum atomic E-state index is -0.199. The lowest BCUT2D eigenvalue weighted by Crippen LogP contribution is -2.51.